The zero-order chi connectivity index (χ0) is 16.0. The normalized spacial score (nSPS) is 24.9. The van der Waals surface area contributed by atoms with Gasteiger partial charge >= 0.3 is 5.97 Å². The molecule has 0 aromatic rings. The molecule has 0 heterocycles. The van der Waals surface area contributed by atoms with E-state index >= 15 is 0 Å². The van der Waals surface area contributed by atoms with Crippen LogP contribution in [0.25, 0.3) is 0 Å². The highest BCUT2D eigenvalue weighted by Gasteiger charge is 2.33. The van der Waals surface area contributed by atoms with Crippen molar-refractivity contribution in [1.82, 2.24) is 5.32 Å². The second-order valence-corrected chi connectivity index (χ2v) is 7.76. The first-order chi connectivity index (χ1) is 9.80. The van der Waals surface area contributed by atoms with Gasteiger partial charge in [-0.15, -0.1) is 0 Å². The monoisotopic (exact) mass is 297 g/mol. The number of methoxy groups -OCH3 is 1. The predicted octanol–water partition coefficient (Wildman–Crippen LogP) is 4.16. The lowest BCUT2D eigenvalue weighted by molar-refractivity contribution is -0.144. The minimum absolute atomic E-state index is 0.111. The molecule has 0 spiro atoms. The highest BCUT2D eigenvalue weighted by molar-refractivity contribution is 5.75. The number of hydrogen-bond acceptors (Lipinski definition) is 3. The highest BCUT2D eigenvalue weighted by atomic mass is 16.5. The molecule has 3 nitrogen and oxygen atoms in total. The van der Waals surface area contributed by atoms with Crippen LogP contribution in [-0.2, 0) is 9.53 Å². The summed E-state index contributed by atoms with van der Waals surface area (Å²) in [5.41, 5.74) is 0.449. The number of rotatable bonds is 7. The molecular weight excluding hydrogens is 262 g/mol. The molecule has 1 fully saturated rings. The van der Waals surface area contributed by atoms with Gasteiger partial charge in [0.05, 0.1) is 7.11 Å². The quantitative estimate of drug-likeness (QED) is 0.717. The molecule has 3 heteroatoms. The molecule has 0 amide bonds. The fraction of sp³-hybridized carbons (Fsp3) is 0.944. The zero-order valence-electron chi connectivity index (χ0n) is 14.9. The topological polar surface area (TPSA) is 38.3 Å². The van der Waals surface area contributed by atoms with E-state index in [1.165, 1.54) is 39.2 Å². The van der Waals surface area contributed by atoms with Gasteiger partial charge in [-0.05, 0) is 49.4 Å². The molecule has 1 saturated carbocycles. The summed E-state index contributed by atoms with van der Waals surface area (Å²) in [6, 6.07) is 0.326. The van der Waals surface area contributed by atoms with E-state index in [0.29, 0.717) is 17.4 Å². The summed E-state index contributed by atoms with van der Waals surface area (Å²) in [5.74, 6) is 1.21. The van der Waals surface area contributed by atoms with Crippen molar-refractivity contribution in [2.45, 2.75) is 85.2 Å². The van der Waals surface area contributed by atoms with Crippen LogP contribution < -0.4 is 5.32 Å². The largest absolute Gasteiger partial charge is 0.468 e. The standard InChI is InChI=1S/C18H35NO2/c1-7-18(4,5)14-8-10-15(11-9-14)19-16(12-13(2)3)17(20)21-6/h13-16,19H,7-12H2,1-6H3. The van der Waals surface area contributed by atoms with Crippen molar-refractivity contribution in [3.8, 4) is 0 Å². The Morgan fingerprint density at radius 2 is 1.81 bits per heavy atom. The van der Waals surface area contributed by atoms with Gasteiger partial charge in [0.15, 0.2) is 0 Å². The Kier molecular flexibility index (Phi) is 7.19. The van der Waals surface area contributed by atoms with E-state index in [4.69, 9.17) is 4.74 Å². The lowest BCUT2D eigenvalue weighted by Crippen LogP contribution is -2.46. The number of ether oxygens (including phenoxy) is 1. The molecule has 0 aliphatic heterocycles. The van der Waals surface area contributed by atoms with Crippen LogP contribution in [0, 0.1) is 17.3 Å². The van der Waals surface area contributed by atoms with E-state index in [0.717, 1.165) is 12.3 Å². The van der Waals surface area contributed by atoms with Crippen molar-refractivity contribution in [3.63, 3.8) is 0 Å². The fourth-order valence-electron chi connectivity index (χ4n) is 3.46. The first kappa shape index (κ1) is 18.5. The molecule has 1 rings (SSSR count). The summed E-state index contributed by atoms with van der Waals surface area (Å²) in [6.45, 7) is 11.4. The number of nitrogens with one attached hydrogen (secondary N) is 1. The Labute approximate surface area is 131 Å². The van der Waals surface area contributed by atoms with Gasteiger partial charge in [-0.1, -0.05) is 41.0 Å². The molecule has 0 aromatic carbocycles. The molecule has 0 aromatic heterocycles. The van der Waals surface area contributed by atoms with E-state index < -0.39 is 0 Å². The van der Waals surface area contributed by atoms with Crippen LogP contribution in [0.15, 0.2) is 0 Å². The van der Waals surface area contributed by atoms with Crippen molar-refractivity contribution in [1.29, 1.82) is 0 Å². The lowest BCUT2D eigenvalue weighted by atomic mass is 9.69. The summed E-state index contributed by atoms with van der Waals surface area (Å²) in [5, 5.41) is 3.55. The fourth-order valence-corrected chi connectivity index (χ4v) is 3.46. The van der Waals surface area contributed by atoms with Gasteiger partial charge in [0.2, 0.25) is 0 Å². The van der Waals surface area contributed by atoms with Gasteiger partial charge < -0.3 is 10.1 Å². The Morgan fingerprint density at radius 3 is 2.24 bits per heavy atom. The Bertz CT molecular complexity index is 317. The molecule has 0 bridgehead atoms. The molecule has 1 N–H and O–H groups in total. The molecule has 0 radical (unpaired) electrons. The molecule has 1 aliphatic rings. The maximum Gasteiger partial charge on any atom is 0.322 e. The van der Waals surface area contributed by atoms with E-state index in [-0.39, 0.29) is 12.0 Å². The summed E-state index contributed by atoms with van der Waals surface area (Å²) >= 11 is 0. The predicted molar refractivity (Wildman–Crippen MR) is 88.2 cm³/mol. The van der Waals surface area contributed by atoms with Crippen LogP contribution >= 0.6 is 0 Å². The van der Waals surface area contributed by atoms with Crippen LogP contribution in [0.1, 0.15) is 73.1 Å². The van der Waals surface area contributed by atoms with E-state index in [9.17, 15) is 4.79 Å². The third-order valence-corrected chi connectivity index (χ3v) is 5.37. The van der Waals surface area contributed by atoms with Gasteiger partial charge in [-0.25, -0.2) is 0 Å². The molecule has 21 heavy (non-hydrogen) atoms. The van der Waals surface area contributed by atoms with Crippen molar-refractivity contribution in [2.75, 3.05) is 7.11 Å². The van der Waals surface area contributed by atoms with Crippen molar-refractivity contribution < 1.29 is 9.53 Å². The molecule has 124 valence electrons. The van der Waals surface area contributed by atoms with Gasteiger partial charge in [0.1, 0.15) is 6.04 Å². The molecular formula is C18H35NO2. The summed E-state index contributed by atoms with van der Waals surface area (Å²) in [7, 11) is 1.48. The molecule has 0 saturated heterocycles. The van der Waals surface area contributed by atoms with E-state index in [1.807, 2.05) is 0 Å². The van der Waals surface area contributed by atoms with Crippen LogP contribution in [0.5, 0.6) is 0 Å². The summed E-state index contributed by atoms with van der Waals surface area (Å²) < 4.78 is 4.95. The van der Waals surface area contributed by atoms with Gasteiger partial charge in [-0.2, -0.15) is 0 Å². The first-order valence-corrected chi connectivity index (χ1v) is 8.64. The van der Waals surface area contributed by atoms with Crippen LogP contribution in [0.2, 0.25) is 0 Å². The van der Waals surface area contributed by atoms with Crippen LogP contribution in [0.3, 0.4) is 0 Å². The van der Waals surface area contributed by atoms with Crippen molar-refractivity contribution >= 4 is 5.97 Å². The van der Waals surface area contributed by atoms with Gasteiger partial charge in [-0.3, -0.25) is 4.79 Å². The molecule has 1 unspecified atom stereocenters. The zero-order valence-corrected chi connectivity index (χ0v) is 14.9. The van der Waals surface area contributed by atoms with E-state index in [2.05, 4.69) is 39.9 Å². The Morgan fingerprint density at radius 1 is 1.24 bits per heavy atom. The van der Waals surface area contributed by atoms with Crippen molar-refractivity contribution in [2.24, 2.45) is 17.3 Å². The number of carbonyl (C=O) groups excluding carboxylic acids is 1. The SMILES string of the molecule is CCC(C)(C)C1CCC(NC(CC(C)C)C(=O)OC)CC1. The average molecular weight is 297 g/mol. The van der Waals surface area contributed by atoms with Crippen LogP contribution in [-0.4, -0.2) is 25.2 Å². The smallest absolute Gasteiger partial charge is 0.322 e. The van der Waals surface area contributed by atoms with Crippen molar-refractivity contribution in [3.05, 3.63) is 0 Å². The molecule has 1 aliphatic carbocycles. The second kappa shape index (κ2) is 8.17. The third-order valence-electron chi connectivity index (χ3n) is 5.37. The lowest BCUT2D eigenvalue weighted by Gasteiger charge is -2.39. The minimum Gasteiger partial charge on any atom is -0.468 e. The van der Waals surface area contributed by atoms with E-state index in [1.54, 1.807) is 0 Å². The Balaban J connectivity index is 2.51. The first-order valence-electron chi connectivity index (χ1n) is 8.64. The maximum atomic E-state index is 11.9. The van der Waals surface area contributed by atoms with Gasteiger partial charge in [0.25, 0.3) is 0 Å². The third kappa shape index (κ3) is 5.61. The average Bonchev–Trinajstić information content (AvgIpc) is 2.45. The highest BCUT2D eigenvalue weighted by Crippen LogP contribution is 2.40. The summed E-state index contributed by atoms with van der Waals surface area (Å²) in [4.78, 5) is 11.9. The summed E-state index contributed by atoms with van der Waals surface area (Å²) in [6.07, 6.45) is 7.00. The maximum absolute atomic E-state index is 11.9. The van der Waals surface area contributed by atoms with Gasteiger partial charge in [0, 0.05) is 6.04 Å². The van der Waals surface area contributed by atoms with Crippen LogP contribution in [0.4, 0.5) is 0 Å². The second-order valence-electron chi connectivity index (χ2n) is 7.76. The Hall–Kier alpha value is -0.570. The minimum atomic E-state index is -0.143. The molecule has 1 atom stereocenters. The number of hydrogen-bond donors (Lipinski definition) is 1. The number of carbonyl (C=O) groups is 1. The number of esters is 1.